The maximum Gasteiger partial charge on any atom is -0.0590 e. The van der Waals surface area contributed by atoms with Gasteiger partial charge in [0.1, 0.15) is 0 Å². The molecule has 0 aliphatic rings. The molecular weight excluding hydrogens is 132 g/mol. The highest BCUT2D eigenvalue weighted by atomic mass is 13.4. The van der Waals surface area contributed by atoms with Crippen LogP contribution in [0.25, 0.3) is 0 Å². The molecule has 0 heteroatoms. The van der Waals surface area contributed by atoms with Crippen LogP contribution in [0.1, 0.15) is 34.1 Å². The van der Waals surface area contributed by atoms with Gasteiger partial charge in [0.2, 0.25) is 0 Å². The molecule has 0 radical (unpaired) electrons. The minimum absolute atomic E-state index is 1.25. The lowest BCUT2D eigenvalue weighted by molar-refractivity contribution is 1.09. The minimum atomic E-state index is 1.25. The topological polar surface area (TPSA) is 0 Å². The predicted octanol–water partition coefficient (Wildman–Crippen LogP) is 4.60. The number of hydrogen-bond acceptors (Lipinski definition) is 0. The standard InChI is InChI=1S/C4H6.C3H8.C2H6.C2H4/c1-3-4-2;1-3-2;2*1-2/h3-4H,1-2H2;3H2,1-2H3;1-2H3;1-2H2. The maximum absolute atomic E-state index is 3.36. The molecule has 0 aromatic heterocycles. The normalized spacial score (nSPS) is 4.36. The molecule has 0 atom stereocenters. The first-order valence-corrected chi connectivity index (χ1v) is 4.06. The summed E-state index contributed by atoms with van der Waals surface area (Å²) >= 11 is 0. The van der Waals surface area contributed by atoms with Gasteiger partial charge in [0, 0.05) is 0 Å². The van der Waals surface area contributed by atoms with E-state index < -0.39 is 0 Å². The zero-order valence-corrected chi connectivity index (χ0v) is 8.69. The summed E-state index contributed by atoms with van der Waals surface area (Å²) in [5, 5.41) is 0. The van der Waals surface area contributed by atoms with Crippen molar-refractivity contribution in [3.8, 4) is 0 Å². The van der Waals surface area contributed by atoms with Gasteiger partial charge in [0.15, 0.2) is 0 Å². The average Bonchev–Trinajstić information content (AvgIpc) is 2.12. The molecule has 0 aliphatic carbocycles. The van der Waals surface area contributed by atoms with Crippen LogP contribution in [-0.4, -0.2) is 0 Å². The number of allylic oxidation sites excluding steroid dienone is 2. The van der Waals surface area contributed by atoms with Crippen LogP contribution in [0, 0.1) is 0 Å². The molecule has 0 saturated carbocycles. The third kappa shape index (κ3) is 9930. The van der Waals surface area contributed by atoms with Crippen LogP contribution in [0.3, 0.4) is 0 Å². The summed E-state index contributed by atoms with van der Waals surface area (Å²) in [7, 11) is 0. The Kier molecular flexibility index (Phi) is 258. The second-order valence-corrected chi connectivity index (χ2v) is 1.18. The summed E-state index contributed by atoms with van der Waals surface area (Å²) in [6, 6.07) is 0. The zero-order valence-electron chi connectivity index (χ0n) is 8.69. The van der Waals surface area contributed by atoms with Crippen molar-refractivity contribution in [3.05, 3.63) is 38.5 Å². The molecule has 0 aliphatic heterocycles. The monoisotopic (exact) mass is 156 g/mol. The maximum atomic E-state index is 3.36. The van der Waals surface area contributed by atoms with E-state index in [-0.39, 0.29) is 0 Å². The van der Waals surface area contributed by atoms with Crippen LogP contribution in [0.5, 0.6) is 0 Å². The summed E-state index contributed by atoms with van der Waals surface area (Å²) in [6.07, 6.45) is 4.53. The van der Waals surface area contributed by atoms with E-state index in [4.69, 9.17) is 0 Å². The highest BCUT2D eigenvalue weighted by Crippen LogP contribution is 1.56. The molecule has 0 amide bonds. The van der Waals surface area contributed by atoms with Gasteiger partial charge in [-0.3, -0.25) is 0 Å². The van der Waals surface area contributed by atoms with Crippen molar-refractivity contribution in [2.24, 2.45) is 0 Å². The summed E-state index contributed by atoms with van der Waals surface area (Å²) in [5.74, 6) is 0. The first-order chi connectivity index (χ1) is 5.33. The second kappa shape index (κ2) is 126. The van der Waals surface area contributed by atoms with E-state index in [9.17, 15) is 0 Å². The Morgan fingerprint density at radius 1 is 0.909 bits per heavy atom. The molecule has 0 aromatic carbocycles. The summed E-state index contributed by atoms with van der Waals surface area (Å²) in [6.45, 7) is 21.0. The lowest BCUT2D eigenvalue weighted by atomic mass is 10.6. The Labute approximate surface area is 73.3 Å². The largest absolute Gasteiger partial charge is 0.106 e. The van der Waals surface area contributed by atoms with E-state index >= 15 is 0 Å². The van der Waals surface area contributed by atoms with Crippen LogP contribution in [0.2, 0.25) is 0 Å². The molecule has 0 fully saturated rings. The Balaban J connectivity index is -0.0000000315. The lowest BCUT2D eigenvalue weighted by Gasteiger charge is -1.48. The Morgan fingerprint density at radius 3 is 1.00 bits per heavy atom. The van der Waals surface area contributed by atoms with Crippen molar-refractivity contribution in [1.82, 2.24) is 0 Å². The smallest absolute Gasteiger partial charge is 0.0590 e. The van der Waals surface area contributed by atoms with Crippen molar-refractivity contribution in [2.75, 3.05) is 0 Å². The highest BCUT2D eigenvalue weighted by Gasteiger charge is 1.35. The van der Waals surface area contributed by atoms with Crippen LogP contribution < -0.4 is 0 Å². The fraction of sp³-hybridized carbons (Fsp3) is 0.455. The van der Waals surface area contributed by atoms with E-state index in [0.717, 1.165) is 0 Å². The minimum Gasteiger partial charge on any atom is -0.106 e. The first-order valence-electron chi connectivity index (χ1n) is 4.06. The predicted molar refractivity (Wildman–Crippen MR) is 59.0 cm³/mol. The molecule has 0 unspecified atom stereocenters. The van der Waals surface area contributed by atoms with E-state index in [1.807, 2.05) is 13.8 Å². The fourth-order valence-corrected chi connectivity index (χ4v) is 0. The molecule has 0 aromatic rings. The van der Waals surface area contributed by atoms with Crippen molar-refractivity contribution < 1.29 is 0 Å². The van der Waals surface area contributed by atoms with Crippen molar-refractivity contribution in [2.45, 2.75) is 34.1 Å². The summed E-state index contributed by atoms with van der Waals surface area (Å²) in [5.41, 5.74) is 0. The fourth-order valence-electron chi connectivity index (χ4n) is 0. The molecule has 0 bridgehead atoms. The van der Waals surface area contributed by atoms with Crippen LogP contribution in [-0.2, 0) is 0 Å². The molecule has 11 heavy (non-hydrogen) atoms. The Morgan fingerprint density at radius 2 is 1.00 bits per heavy atom. The average molecular weight is 156 g/mol. The lowest BCUT2D eigenvalue weighted by Crippen LogP contribution is -1.27. The number of hydrogen-bond donors (Lipinski definition) is 0. The molecule has 0 spiro atoms. The van der Waals surface area contributed by atoms with Gasteiger partial charge in [0.25, 0.3) is 0 Å². The number of rotatable bonds is 1. The Hall–Kier alpha value is -0.780. The van der Waals surface area contributed by atoms with Crippen molar-refractivity contribution in [1.29, 1.82) is 0 Å². The zero-order chi connectivity index (χ0) is 10.1. The molecule has 0 nitrogen and oxygen atoms in total. The van der Waals surface area contributed by atoms with Gasteiger partial charge in [-0.1, -0.05) is 59.4 Å². The van der Waals surface area contributed by atoms with Gasteiger partial charge in [0.05, 0.1) is 0 Å². The van der Waals surface area contributed by atoms with Crippen molar-refractivity contribution in [3.63, 3.8) is 0 Å². The van der Waals surface area contributed by atoms with Gasteiger partial charge in [-0.2, -0.15) is 0 Å². The highest BCUT2D eigenvalue weighted by molar-refractivity contribution is 4.88. The molecule has 0 saturated heterocycles. The van der Waals surface area contributed by atoms with Gasteiger partial charge >= 0.3 is 0 Å². The molecule has 0 heterocycles. The van der Waals surface area contributed by atoms with Crippen LogP contribution in [0.4, 0.5) is 0 Å². The summed E-state index contributed by atoms with van der Waals surface area (Å²) < 4.78 is 0. The van der Waals surface area contributed by atoms with E-state index in [0.29, 0.717) is 0 Å². The molecule has 0 rings (SSSR count). The van der Waals surface area contributed by atoms with Crippen LogP contribution in [0.15, 0.2) is 38.5 Å². The van der Waals surface area contributed by atoms with Crippen molar-refractivity contribution >= 4 is 0 Å². The molecular formula is C11H24. The van der Waals surface area contributed by atoms with Crippen LogP contribution >= 0.6 is 0 Å². The van der Waals surface area contributed by atoms with Gasteiger partial charge in [-0.05, 0) is 0 Å². The molecule has 0 N–H and O–H groups in total. The van der Waals surface area contributed by atoms with E-state index in [2.05, 4.69) is 40.2 Å². The second-order valence-electron chi connectivity index (χ2n) is 1.18. The third-order valence-corrected chi connectivity index (χ3v) is 0.167. The van der Waals surface area contributed by atoms with Gasteiger partial charge in [-0.25, -0.2) is 0 Å². The quantitative estimate of drug-likeness (QED) is 0.384. The third-order valence-electron chi connectivity index (χ3n) is 0.167. The van der Waals surface area contributed by atoms with Gasteiger partial charge < -0.3 is 0 Å². The molecule has 68 valence electrons. The van der Waals surface area contributed by atoms with E-state index in [1.54, 1.807) is 12.2 Å². The SMILES string of the molecule is C=C.C=CC=C.CC.CCC. The first kappa shape index (κ1) is 22.5. The Bertz CT molecular complexity index is 38.0. The van der Waals surface area contributed by atoms with Gasteiger partial charge in [-0.15, -0.1) is 13.2 Å². The van der Waals surface area contributed by atoms with E-state index in [1.165, 1.54) is 6.42 Å². The summed E-state index contributed by atoms with van der Waals surface area (Å²) in [4.78, 5) is 0.